The van der Waals surface area contributed by atoms with Crippen LogP contribution in [0.25, 0.3) is 76.2 Å². The van der Waals surface area contributed by atoms with Crippen molar-refractivity contribution in [3.05, 3.63) is 206 Å². The SMILES string of the molecule is [2H]c1c([2H])c([2H])c(N(c2ccc(F)cc2)c2ccc3c4cccc5c6cc7c(cc6n(c3c2)c45)c2cccc3c4ccc(N(c5ccc(F)cc5)c5c([2H])c([2H])c([2H])c([2H])c5[2H])cc4n7c32)c([2H])c1[2H]. The molecule has 0 aliphatic rings. The highest BCUT2D eigenvalue weighted by Gasteiger charge is 2.24. The summed E-state index contributed by atoms with van der Waals surface area (Å²) in [7, 11) is 0. The molecule has 0 unspecified atom stereocenters. The van der Waals surface area contributed by atoms with Crippen LogP contribution in [0.1, 0.15) is 13.7 Å². The Labute approximate surface area is 356 Å². The van der Waals surface area contributed by atoms with E-state index in [4.69, 9.17) is 13.7 Å². The van der Waals surface area contributed by atoms with Gasteiger partial charge in [-0.1, -0.05) is 84.8 Å². The molecule has 13 rings (SSSR count). The first-order valence-corrected chi connectivity index (χ1v) is 19.3. The molecule has 4 nitrogen and oxygen atoms in total. The number of aromatic nitrogens is 2. The smallest absolute Gasteiger partial charge is 0.123 e. The van der Waals surface area contributed by atoms with E-state index in [1.54, 1.807) is 9.80 Å². The molecule has 0 atom stereocenters. The summed E-state index contributed by atoms with van der Waals surface area (Å²) in [4.78, 5) is 3.15. The largest absolute Gasteiger partial charge is 0.310 e. The lowest BCUT2D eigenvalue weighted by molar-refractivity contribution is 0.627. The van der Waals surface area contributed by atoms with Gasteiger partial charge in [-0.2, -0.15) is 0 Å². The zero-order valence-corrected chi connectivity index (χ0v) is 31.2. The summed E-state index contributed by atoms with van der Waals surface area (Å²) in [5, 5.41) is 7.73. The lowest BCUT2D eigenvalue weighted by Gasteiger charge is -2.25. The highest BCUT2D eigenvalue weighted by Crippen LogP contribution is 2.47. The third-order valence-electron chi connectivity index (χ3n) is 11.8. The summed E-state index contributed by atoms with van der Waals surface area (Å²) in [5.41, 5.74) is 6.99. The lowest BCUT2D eigenvalue weighted by Crippen LogP contribution is -2.09. The third kappa shape index (κ3) is 4.58. The van der Waals surface area contributed by atoms with Crippen LogP contribution in [0.4, 0.5) is 42.9 Å². The summed E-state index contributed by atoms with van der Waals surface area (Å²) in [6.45, 7) is 0. The quantitative estimate of drug-likeness (QED) is 0.167. The highest BCUT2D eigenvalue weighted by atomic mass is 19.1. The second kappa shape index (κ2) is 12.3. The van der Waals surface area contributed by atoms with Crippen LogP contribution in [0.5, 0.6) is 0 Å². The van der Waals surface area contributed by atoms with Gasteiger partial charge in [0, 0.05) is 77.2 Å². The molecule has 0 aliphatic carbocycles. The normalized spacial score (nSPS) is 14.5. The third-order valence-corrected chi connectivity index (χ3v) is 11.8. The highest BCUT2D eigenvalue weighted by molar-refractivity contribution is 6.29. The summed E-state index contributed by atoms with van der Waals surface area (Å²) in [5.74, 6) is -0.974. The van der Waals surface area contributed by atoms with Gasteiger partial charge < -0.3 is 18.6 Å². The number of hydrogen-bond acceptors (Lipinski definition) is 2. The van der Waals surface area contributed by atoms with E-state index >= 15 is 0 Å². The monoisotopic (exact) mass is 784 g/mol. The number of para-hydroxylation sites is 4. The topological polar surface area (TPSA) is 15.3 Å². The maximum absolute atomic E-state index is 14.4. The Bertz CT molecular complexity index is 4060. The van der Waals surface area contributed by atoms with Crippen LogP contribution >= 0.6 is 0 Å². The van der Waals surface area contributed by atoms with Crippen molar-refractivity contribution < 1.29 is 22.5 Å². The fourth-order valence-corrected chi connectivity index (χ4v) is 9.41. The van der Waals surface area contributed by atoms with Crippen LogP contribution in [0.2, 0.25) is 0 Å². The molecule has 0 saturated carbocycles. The maximum Gasteiger partial charge on any atom is 0.123 e. The second-order valence-electron chi connectivity index (χ2n) is 14.9. The Balaban J connectivity index is 1.08. The van der Waals surface area contributed by atoms with E-state index in [9.17, 15) is 8.78 Å². The number of halogens is 2. The van der Waals surface area contributed by atoms with Crippen molar-refractivity contribution in [3.63, 3.8) is 0 Å². The molecule has 4 heterocycles. The summed E-state index contributed by atoms with van der Waals surface area (Å²) >= 11 is 0. The molecular formula is C54H32F2N4. The number of anilines is 6. The number of hydrogen-bond donors (Lipinski definition) is 0. The second-order valence-corrected chi connectivity index (χ2v) is 14.9. The average Bonchev–Trinajstić information content (AvgIpc) is 4.10. The van der Waals surface area contributed by atoms with Crippen molar-refractivity contribution in [2.75, 3.05) is 9.80 Å². The van der Waals surface area contributed by atoms with Crippen LogP contribution in [0.15, 0.2) is 194 Å². The molecular weight excluding hydrogens is 743 g/mol. The van der Waals surface area contributed by atoms with Gasteiger partial charge in [-0.3, -0.25) is 0 Å². The van der Waals surface area contributed by atoms with Gasteiger partial charge in [-0.25, -0.2) is 8.78 Å². The van der Waals surface area contributed by atoms with Gasteiger partial charge in [-0.05, 0) is 109 Å². The number of rotatable bonds is 6. The Morgan fingerprint density at radius 3 is 1.08 bits per heavy atom. The Morgan fingerprint density at radius 1 is 0.333 bits per heavy atom. The molecule has 0 saturated heterocycles. The minimum atomic E-state index is -0.521. The van der Waals surface area contributed by atoms with Crippen molar-refractivity contribution >= 4 is 110 Å². The molecule has 282 valence electrons. The molecule has 60 heavy (non-hydrogen) atoms. The Hall–Kier alpha value is -7.96. The molecule has 0 amide bonds. The summed E-state index contributed by atoms with van der Waals surface area (Å²) in [6, 6.07) is 34.7. The van der Waals surface area contributed by atoms with Gasteiger partial charge in [0.2, 0.25) is 0 Å². The van der Waals surface area contributed by atoms with Gasteiger partial charge in [-0.15, -0.1) is 0 Å². The minimum absolute atomic E-state index is 0.0760. The predicted octanol–water partition coefficient (Wildman–Crippen LogP) is 15.2. The molecule has 0 aliphatic heterocycles. The molecule has 0 spiro atoms. The Kier molecular flexibility index (Phi) is 5.06. The van der Waals surface area contributed by atoms with Crippen molar-refractivity contribution in [2.24, 2.45) is 0 Å². The standard InChI is InChI=1S/C54H32F2N4/c55-33-17-21-37(22-18-33)57(35-9-3-1-4-10-35)39-25-27-41-43-13-7-15-45-47-32-52-48(31-51(47)59(53(43)45)49(41)29-39)46-16-8-14-44-42-28-26-40(30-50(42)60(52)54(44)46)58(36-11-5-2-6-12-36)38-23-19-34(56)20-24-38/h1-32H/i1D,2D,3D,4D,5D,6D,9D,10D,11D,12D. The number of nitrogens with zero attached hydrogens (tertiary/aromatic N) is 4. The van der Waals surface area contributed by atoms with Crippen molar-refractivity contribution in [2.45, 2.75) is 0 Å². The van der Waals surface area contributed by atoms with E-state index in [2.05, 4.69) is 45.2 Å². The van der Waals surface area contributed by atoms with Crippen molar-refractivity contribution in [1.82, 2.24) is 8.80 Å². The van der Waals surface area contributed by atoms with E-state index in [1.165, 1.54) is 48.5 Å². The van der Waals surface area contributed by atoms with E-state index in [0.717, 1.165) is 76.2 Å². The fourth-order valence-electron chi connectivity index (χ4n) is 9.41. The van der Waals surface area contributed by atoms with Gasteiger partial charge in [0.1, 0.15) is 11.6 Å². The zero-order chi connectivity index (χ0) is 48.3. The molecule has 6 heteroatoms. The molecule has 9 aromatic carbocycles. The fraction of sp³-hybridized carbons (Fsp3) is 0. The lowest BCUT2D eigenvalue weighted by atomic mass is 10.0. The first-order chi connectivity index (χ1) is 33.7. The van der Waals surface area contributed by atoms with Crippen LogP contribution in [0, 0.1) is 11.6 Å². The minimum Gasteiger partial charge on any atom is -0.310 e. The molecule has 13 aromatic rings. The summed E-state index contributed by atoms with van der Waals surface area (Å²) < 4.78 is 120. The average molecular weight is 785 g/mol. The molecule has 0 fully saturated rings. The number of benzene rings is 9. The number of fused-ring (bicyclic) bond motifs is 12. The van der Waals surface area contributed by atoms with Gasteiger partial charge in [0.25, 0.3) is 0 Å². The molecule has 0 N–H and O–H groups in total. The first-order valence-electron chi connectivity index (χ1n) is 24.3. The zero-order valence-electron chi connectivity index (χ0n) is 41.2. The van der Waals surface area contributed by atoms with Gasteiger partial charge >= 0.3 is 0 Å². The van der Waals surface area contributed by atoms with Crippen molar-refractivity contribution in [1.29, 1.82) is 0 Å². The van der Waals surface area contributed by atoms with E-state index in [1.807, 2.05) is 48.5 Å². The van der Waals surface area contributed by atoms with Gasteiger partial charge in [0.05, 0.1) is 46.8 Å². The summed E-state index contributed by atoms with van der Waals surface area (Å²) in [6.07, 6.45) is 0. The first kappa shape index (κ1) is 24.7. The molecule has 0 radical (unpaired) electrons. The molecule has 0 bridgehead atoms. The maximum atomic E-state index is 14.4. The van der Waals surface area contributed by atoms with Crippen LogP contribution < -0.4 is 9.80 Å². The van der Waals surface area contributed by atoms with E-state index < -0.39 is 72.1 Å². The Morgan fingerprint density at radius 2 is 0.683 bits per heavy atom. The van der Waals surface area contributed by atoms with Crippen LogP contribution in [-0.2, 0) is 0 Å². The predicted molar refractivity (Wildman–Crippen MR) is 245 cm³/mol. The molecule has 4 aromatic heterocycles. The van der Waals surface area contributed by atoms with Crippen molar-refractivity contribution in [3.8, 4) is 0 Å². The van der Waals surface area contributed by atoms with Crippen LogP contribution in [0.3, 0.4) is 0 Å². The van der Waals surface area contributed by atoms with E-state index in [-0.39, 0.29) is 11.4 Å². The van der Waals surface area contributed by atoms with E-state index in [0.29, 0.717) is 22.7 Å². The van der Waals surface area contributed by atoms with Gasteiger partial charge in [0.15, 0.2) is 0 Å². The van der Waals surface area contributed by atoms with Crippen LogP contribution in [-0.4, -0.2) is 8.80 Å².